The van der Waals surface area contributed by atoms with E-state index in [1.54, 1.807) is 54.3 Å². The third kappa shape index (κ3) is 7.52. The van der Waals surface area contributed by atoms with E-state index in [9.17, 15) is 26.7 Å². The van der Waals surface area contributed by atoms with Gasteiger partial charge in [-0.25, -0.2) is 16.8 Å². The summed E-state index contributed by atoms with van der Waals surface area (Å²) in [4.78, 5) is 15.2. The first-order valence-electron chi connectivity index (χ1n) is 14.1. The zero-order valence-electron chi connectivity index (χ0n) is 25.4. The molecule has 1 heterocycles. The van der Waals surface area contributed by atoms with Crippen LogP contribution in [-0.2, 0) is 31.3 Å². The largest absolute Gasteiger partial charge is 0.497 e. The number of hydrogen-bond donors (Lipinski definition) is 2. The monoisotopic (exact) mass is 645 g/mol. The van der Waals surface area contributed by atoms with Crippen molar-refractivity contribution in [3.05, 3.63) is 77.9 Å². The van der Waals surface area contributed by atoms with Gasteiger partial charge in [0.25, 0.3) is 10.0 Å². The van der Waals surface area contributed by atoms with Gasteiger partial charge in [0, 0.05) is 30.8 Å². The topological polar surface area (TPSA) is 143 Å². The molecule has 238 valence electrons. The number of sulfonamides is 2. The molecule has 0 spiro atoms. The predicted molar refractivity (Wildman–Crippen MR) is 167 cm³/mol. The highest BCUT2D eigenvalue weighted by Crippen LogP contribution is 2.31. The number of anilines is 1. The Balaban J connectivity index is 1.67. The van der Waals surface area contributed by atoms with Gasteiger partial charge in [0.1, 0.15) is 17.6 Å². The van der Waals surface area contributed by atoms with Gasteiger partial charge in [-0.2, -0.15) is 4.31 Å². The second-order valence-electron chi connectivity index (χ2n) is 11.1. The zero-order chi connectivity index (χ0) is 32.2. The Kier molecular flexibility index (Phi) is 10.2. The number of fused-ring (bicyclic) bond motifs is 1. The number of nitrogens with one attached hydrogen (secondary N) is 1. The molecule has 4 rings (SSSR count). The minimum atomic E-state index is -3.96. The predicted octanol–water partition coefficient (Wildman–Crippen LogP) is 3.27. The maximum atomic E-state index is 13.5. The van der Waals surface area contributed by atoms with E-state index in [0.717, 1.165) is 5.56 Å². The van der Waals surface area contributed by atoms with E-state index >= 15 is 0 Å². The van der Waals surface area contributed by atoms with Gasteiger partial charge in [0.2, 0.25) is 15.9 Å². The number of aliphatic hydroxyl groups is 1. The summed E-state index contributed by atoms with van der Waals surface area (Å²) >= 11 is 0. The van der Waals surface area contributed by atoms with Crippen LogP contribution in [0.2, 0.25) is 0 Å². The Morgan fingerprint density at radius 2 is 1.68 bits per heavy atom. The third-order valence-corrected chi connectivity index (χ3v) is 10.9. The zero-order valence-corrected chi connectivity index (χ0v) is 27.1. The van der Waals surface area contributed by atoms with Gasteiger partial charge >= 0.3 is 0 Å². The average Bonchev–Trinajstić information content (AvgIpc) is 3.04. The Morgan fingerprint density at radius 1 is 1.05 bits per heavy atom. The van der Waals surface area contributed by atoms with Gasteiger partial charge in [-0.05, 0) is 68.4 Å². The summed E-state index contributed by atoms with van der Waals surface area (Å²) in [6, 6.07) is 16.7. The van der Waals surface area contributed by atoms with E-state index in [4.69, 9.17) is 9.47 Å². The standard InChI is InChI=1S/C31H39N3O8S2/c1-21-6-11-28(12-7-21)44(39,40)33(4)19-30-22(2)18-34(23(3)20-35)31(36)17-24-16-25(8-15-29(24)42-30)32-43(37,38)27-13-9-26(41-5)10-14-27/h6-16,22-23,30,32,35H,17-20H2,1-5H3/t22-,23-,30-/m0/s1. The smallest absolute Gasteiger partial charge is 0.261 e. The number of likely N-dealkylation sites (N-methyl/N-ethyl adjacent to an activating group) is 1. The fraction of sp³-hybridized carbons (Fsp3) is 0.387. The van der Waals surface area contributed by atoms with Gasteiger partial charge in [0.05, 0.1) is 42.5 Å². The van der Waals surface area contributed by atoms with Gasteiger partial charge in [-0.3, -0.25) is 9.52 Å². The molecule has 0 bridgehead atoms. The SMILES string of the molecule is COc1ccc(S(=O)(=O)Nc2ccc3c(c2)CC(=O)N([C@@H](C)CO)C[C@H](C)[C@H](CN(C)S(=O)(=O)c2ccc(C)cc2)O3)cc1. The summed E-state index contributed by atoms with van der Waals surface area (Å²) in [7, 11) is -4.83. The van der Waals surface area contributed by atoms with Crippen molar-refractivity contribution in [2.75, 3.05) is 38.6 Å². The molecule has 11 nitrogen and oxygen atoms in total. The Bertz CT molecular complexity index is 1680. The second-order valence-corrected chi connectivity index (χ2v) is 14.8. The first-order chi connectivity index (χ1) is 20.7. The lowest BCUT2D eigenvalue weighted by Crippen LogP contribution is -2.48. The lowest BCUT2D eigenvalue weighted by atomic mass is 10.0. The maximum absolute atomic E-state index is 13.5. The van der Waals surface area contributed by atoms with E-state index in [1.165, 1.54) is 42.7 Å². The van der Waals surface area contributed by atoms with Gasteiger partial charge in [-0.1, -0.05) is 24.6 Å². The molecular formula is C31H39N3O8S2. The van der Waals surface area contributed by atoms with Gasteiger partial charge < -0.3 is 19.5 Å². The van der Waals surface area contributed by atoms with Crippen molar-refractivity contribution >= 4 is 31.6 Å². The van der Waals surface area contributed by atoms with E-state index < -0.39 is 32.2 Å². The number of rotatable bonds is 10. The van der Waals surface area contributed by atoms with Crippen molar-refractivity contribution in [3.63, 3.8) is 0 Å². The summed E-state index contributed by atoms with van der Waals surface area (Å²) in [5.41, 5.74) is 1.58. The van der Waals surface area contributed by atoms with Crippen molar-refractivity contribution in [2.45, 2.75) is 49.1 Å². The summed E-state index contributed by atoms with van der Waals surface area (Å²) in [6.07, 6.45) is -0.797. The average molecular weight is 646 g/mol. The first-order valence-corrected chi connectivity index (χ1v) is 17.1. The molecule has 3 aromatic carbocycles. The molecule has 0 saturated heterocycles. The fourth-order valence-electron chi connectivity index (χ4n) is 4.92. The number of amides is 1. The van der Waals surface area contributed by atoms with Crippen LogP contribution in [0.15, 0.2) is 76.5 Å². The molecule has 1 aliphatic heterocycles. The minimum Gasteiger partial charge on any atom is -0.497 e. The van der Waals surface area contributed by atoms with Crippen LogP contribution in [-0.4, -0.2) is 83.1 Å². The number of ether oxygens (including phenoxy) is 2. The Hall–Kier alpha value is -3.65. The summed E-state index contributed by atoms with van der Waals surface area (Å²) in [6.45, 7) is 5.41. The van der Waals surface area contributed by atoms with Crippen LogP contribution in [0.4, 0.5) is 5.69 Å². The molecule has 1 amide bonds. The molecule has 0 fully saturated rings. The van der Waals surface area contributed by atoms with Crippen LogP contribution in [0, 0.1) is 12.8 Å². The molecule has 0 radical (unpaired) electrons. The third-order valence-electron chi connectivity index (χ3n) is 7.70. The van der Waals surface area contributed by atoms with Crippen molar-refractivity contribution in [1.29, 1.82) is 0 Å². The number of aryl methyl sites for hydroxylation is 1. The van der Waals surface area contributed by atoms with Crippen LogP contribution in [0.1, 0.15) is 25.0 Å². The fourth-order valence-corrected chi connectivity index (χ4v) is 7.15. The van der Waals surface area contributed by atoms with Gasteiger partial charge in [-0.15, -0.1) is 0 Å². The van der Waals surface area contributed by atoms with E-state index in [2.05, 4.69) is 4.72 Å². The highest BCUT2D eigenvalue weighted by Gasteiger charge is 2.33. The van der Waals surface area contributed by atoms with Crippen molar-refractivity contribution < 1.29 is 36.2 Å². The van der Waals surface area contributed by atoms with Crippen LogP contribution >= 0.6 is 0 Å². The van der Waals surface area contributed by atoms with Crippen LogP contribution in [0.3, 0.4) is 0 Å². The van der Waals surface area contributed by atoms with Crippen molar-refractivity contribution in [1.82, 2.24) is 9.21 Å². The van der Waals surface area contributed by atoms with Gasteiger partial charge in [0.15, 0.2) is 0 Å². The molecule has 3 aromatic rings. The molecule has 1 aliphatic rings. The highest BCUT2D eigenvalue weighted by molar-refractivity contribution is 7.92. The lowest BCUT2D eigenvalue weighted by molar-refractivity contribution is -0.134. The number of carbonyl (C=O) groups is 1. The van der Waals surface area contributed by atoms with Crippen molar-refractivity contribution in [3.8, 4) is 11.5 Å². The molecule has 2 N–H and O–H groups in total. The van der Waals surface area contributed by atoms with E-state index in [1.807, 2.05) is 13.8 Å². The normalized spacial score (nSPS) is 18.4. The molecular weight excluding hydrogens is 606 g/mol. The molecule has 0 aliphatic carbocycles. The first kappa shape index (κ1) is 33.2. The number of hydrogen-bond acceptors (Lipinski definition) is 8. The quantitative estimate of drug-likeness (QED) is 0.342. The molecule has 13 heteroatoms. The molecule has 0 saturated carbocycles. The van der Waals surface area contributed by atoms with E-state index in [0.29, 0.717) is 17.1 Å². The number of carbonyl (C=O) groups excluding carboxylic acids is 1. The lowest BCUT2D eigenvalue weighted by Gasteiger charge is -2.33. The number of benzene rings is 3. The summed E-state index contributed by atoms with van der Waals surface area (Å²) in [5.74, 6) is 0.240. The number of nitrogens with zero attached hydrogens (tertiary/aromatic N) is 2. The van der Waals surface area contributed by atoms with E-state index in [-0.39, 0.29) is 53.4 Å². The molecule has 44 heavy (non-hydrogen) atoms. The summed E-state index contributed by atoms with van der Waals surface area (Å²) < 4.78 is 68.3. The number of aliphatic hydroxyl groups excluding tert-OH is 1. The molecule has 0 unspecified atom stereocenters. The number of methoxy groups -OCH3 is 1. The Labute approximate surface area is 259 Å². The van der Waals surface area contributed by atoms with Crippen LogP contribution in [0.25, 0.3) is 0 Å². The highest BCUT2D eigenvalue weighted by atomic mass is 32.2. The second kappa shape index (κ2) is 13.6. The van der Waals surface area contributed by atoms with Crippen molar-refractivity contribution in [2.24, 2.45) is 5.92 Å². The van der Waals surface area contributed by atoms with Crippen LogP contribution in [0.5, 0.6) is 11.5 Å². The van der Waals surface area contributed by atoms with Crippen LogP contribution < -0.4 is 14.2 Å². The molecule has 0 aromatic heterocycles. The maximum Gasteiger partial charge on any atom is 0.261 e. The Morgan fingerprint density at radius 3 is 2.30 bits per heavy atom. The summed E-state index contributed by atoms with van der Waals surface area (Å²) in [5, 5.41) is 9.90. The minimum absolute atomic E-state index is 0.0157. The molecule has 3 atom stereocenters.